The SMILES string of the molecule is COc1ccc(CNC(=O)C2CCCN(c3nc4ccccc4n3C)C2)c(OC)c1. The third-order valence-corrected chi connectivity index (χ3v) is 5.79. The molecule has 1 unspecified atom stereocenters. The number of anilines is 1. The summed E-state index contributed by atoms with van der Waals surface area (Å²) in [5.41, 5.74) is 3.01. The molecule has 0 spiro atoms. The van der Waals surface area contributed by atoms with Crippen LogP contribution in [-0.2, 0) is 18.4 Å². The minimum absolute atomic E-state index is 0.0661. The predicted molar refractivity (Wildman–Crippen MR) is 117 cm³/mol. The van der Waals surface area contributed by atoms with E-state index in [1.54, 1.807) is 14.2 Å². The number of carbonyl (C=O) groups excluding carboxylic acids is 1. The molecule has 2 heterocycles. The van der Waals surface area contributed by atoms with E-state index in [9.17, 15) is 4.79 Å². The van der Waals surface area contributed by atoms with E-state index in [0.29, 0.717) is 18.8 Å². The largest absolute Gasteiger partial charge is 0.497 e. The van der Waals surface area contributed by atoms with Crippen molar-refractivity contribution in [1.29, 1.82) is 0 Å². The number of rotatable bonds is 6. The highest BCUT2D eigenvalue weighted by atomic mass is 16.5. The number of aryl methyl sites for hydroxylation is 1. The molecule has 4 rings (SSSR count). The van der Waals surface area contributed by atoms with Crippen LogP contribution in [0, 0.1) is 5.92 Å². The van der Waals surface area contributed by atoms with Gasteiger partial charge in [0.05, 0.1) is 31.2 Å². The lowest BCUT2D eigenvalue weighted by Gasteiger charge is -2.32. The van der Waals surface area contributed by atoms with Gasteiger partial charge in [0.25, 0.3) is 0 Å². The van der Waals surface area contributed by atoms with E-state index in [2.05, 4.69) is 20.9 Å². The van der Waals surface area contributed by atoms with Gasteiger partial charge in [-0.2, -0.15) is 0 Å². The van der Waals surface area contributed by atoms with Crippen LogP contribution in [0.25, 0.3) is 11.0 Å². The maximum Gasteiger partial charge on any atom is 0.225 e. The first-order chi connectivity index (χ1) is 14.6. The number of carbonyl (C=O) groups is 1. The van der Waals surface area contributed by atoms with Gasteiger partial charge in [0.2, 0.25) is 11.9 Å². The van der Waals surface area contributed by atoms with Crippen LogP contribution in [-0.4, -0.2) is 42.8 Å². The third kappa shape index (κ3) is 3.92. The summed E-state index contributed by atoms with van der Waals surface area (Å²) < 4.78 is 12.8. The maximum atomic E-state index is 12.9. The van der Waals surface area contributed by atoms with Crippen molar-refractivity contribution in [3.05, 3.63) is 48.0 Å². The molecule has 3 aromatic rings. The number of benzene rings is 2. The molecular weight excluding hydrogens is 380 g/mol. The summed E-state index contributed by atoms with van der Waals surface area (Å²) in [6, 6.07) is 13.7. The lowest BCUT2D eigenvalue weighted by atomic mass is 9.97. The zero-order valence-corrected chi connectivity index (χ0v) is 17.7. The fraction of sp³-hybridized carbons (Fsp3) is 0.391. The van der Waals surface area contributed by atoms with Gasteiger partial charge in [0, 0.05) is 38.3 Å². The van der Waals surface area contributed by atoms with Crippen LogP contribution in [0.4, 0.5) is 5.95 Å². The quantitative estimate of drug-likeness (QED) is 0.679. The molecule has 0 radical (unpaired) electrons. The summed E-state index contributed by atoms with van der Waals surface area (Å²) in [6.07, 6.45) is 1.85. The van der Waals surface area contributed by atoms with Crippen molar-refractivity contribution in [3.8, 4) is 11.5 Å². The number of hydrogen-bond acceptors (Lipinski definition) is 5. The molecule has 0 saturated carbocycles. The molecule has 158 valence electrons. The van der Waals surface area contributed by atoms with Crippen molar-refractivity contribution < 1.29 is 14.3 Å². The van der Waals surface area contributed by atoms with Gasteiger partial charge in [-0.3, -0.25) is 4.79 Å². The zero-order valence-electron chi connectivity index (χ0n) is 17.7. The van der Waals surface area contributed by atoms with Crippen LogP contribution in [0.2, 0.25) is 0 Å². The predicted octanol–water partition coefficient (Wildman–Crippen LogP) is 3.12. The van der Waals surface area contributed by atoms with Crippen LogP contribution in [0.1, 0.15) is 18.4 Å². The van der Waals surface area contributed by atoms with Gasteiger partial charge in [-0.15, -0.1) is 0 Å². The lowest BCUT2D eigenvalue weighted by molar-refractivity contribution is -0.125. The van der Waals surface area contributed by atoms with E-state index < -0.39 is 0 Å². The van der Waals surface area contributed by atoms with Crippen LogP contribution < -0.4 is 19.7 Å². The minimum atomic E-state index is -0.0668. The molecule has 0 bridgehead atoms. The number of aromatic nitrogens is 2. The molecule has 7 heteroatoms. The lowest BCUT2D eigenvalue weighted by Crippen LogP contribution is -2.43. The molecule has 1 fully saturated rings. The molecule has 1 atom stereocenters. The molecule has 1 aromatic heterocycles. The Hall–Kier alpha value is -3.22. The van der Waals surface area contributed by atoms with Gasteiger partial charge < -0.3 is 24.3 Å². The first kappa shape index (κ1) is 20.1. The van der Waals surface area contributed by atoms with Gasteiger partial charge in [0.1, 0.15) is 11.5 Å². The van der Waals surface area contributed by atoms with E-state index in [0.717, 1.165) is 47.7 Å². The van der Waals surface area contributed by atoms with E-state index in [4.69, 9.17) is 14.5 Å². The Labute approximate surface area is 176 Å². The number of fused-ring (bicyclic) bond motifs is 1. The van der Waals surface area contributed by atoms with Crippen molar-refractivity contribution in [2.45, 2.75) is 19.4 Å². The van der Waals surface area contributed by atoms with Crippen LogP contribution in [0.3, 0.4) is 0 Å². The monoisotopic (exact) mass is 408 g/mol. The molecule has 1 N–H and O–H groups in total. The van der Waals surface area contributed by atoms with Crippen molar-refractivity contribution >= 4 is 22.9 Å². The van der Waals surface area contributed by atoms with Crippen molar-refractivity contribution in [1.82, 2.24) is 14.9 Å². The normalized spacial score (nSPS) is 16.5. The van der Waals surface area contributed by atoms with Gasteiger partial charge in [0.15, 0.2) is 0 Å². The fourth-order valence-corrected chi connectivity index (χ4v) is 4.11. The first-order valence-electron chi connectivity index (χ1n) is 10.3. The van der Waals surface area contributed by atoms with Gasteiger partial charge >= 0.3 is 0 Å². The van der Waals surface area contributed by atoms with E-state index in [1.165, 1.54) is 0 Å². The summed E-state index contributed by atoms with van der Waals surface area (Å²) in [6.45, 7) is 2.00. The Balaban J connectivity index is 1.43. The van der Waals surface area contributed by atoms with Gasteiger partial charge in [-0.05, 0) is 37.1 Å². The smallest absolute Gasteiger partial charge is 0.225 e. The van der Waals surface area contributed by atoms with Gasteiger partial charge in [-0.25, -0.2) is 4.98 Å². The Morgan fingerprint density at radius 1 is 1.20 bits per heavy atom. The zero-order chi connectivity index (χ0) is 21.1. The highest BCUT2D eigenvalue weighted by Gasteiger charge is 2.28. The van der Waals surface area contributed by atoms with E-state index >= 15 is 0 Å². The Kier molecular flexibility index (Phi) is 5.79. The summed E-state index contributed by atoms with van der Waals surface area (Å²) >= 11 is 0. The topological polar surface area (TPSA) is 68.6 Å². The number of nitrogens with one attached hydrogen (secondary N) is 1. The molecule has 30 heavy (non-hydrogen) atoms. The number of methoxy groups -OCH3 is 2. The summed E-state index contributed by atoms with van der Waals surface area (Å²) in [5.74, 6) is 2.36. The molecule has 1 aliphatic rings. The average molecular weight is 409 g/mol. The van der Waals surface area contributed by atoms with Crippen molar-refractivity contribution in [3.63, 3.8) is 0 Å². The standard InChI is InChI=1S/C23H28N4O3/c1-26-20-9-5-4-8-19(20)25-23(26)27-12-6-7-17(15-27)22(28)24-14-16-10-11-18(29-2)13-21(16)30-3/h4-5,8-11,13,17H,6-7,12,14-15H2,1-3H3,(H,24,28). The Bertz CT molecular complexity index is 1050. The van der Waals surface area contributed by atoms with Crippen LogP contribution >= 0.6 is 0 Å². The summed E-state index contributed by atoms with van der Waals surface area (Å²) in [7, 11) is 5.27. The highest BCUT2D eigenvalue weighted by Crippen LogP contribution is 2.27. The number of hydrogen-bond donors (Lipinski definition) is 1. The van der Waals surface area contributed by atoms with Crippen molar-refractivity contribution in [2.75, 3.05) is 32.2 Å². The molecular formula is C23H28N4O3. The second-order valence-corrected chi connectivity index (χ2v) is 7.64. The average Bonchev–Trinajstić information content (AvgIpc) is 3.14. The number of piperidine rings is 1. The molecule has 1 saturated heterocycles. The van der Waals surface area contributed by atoms with Crippen LogP contribution in [0.5, 0.6) is 11.5 Å². The number of ether oxygens (including phenoxy) is 2. The summed E-state index contributed by atoms with van der Waals surface area (Å²) in [4.78, 5) is 19.9. The molecule has 7 nitrogen and oxygen atoms in total. The van der Waals surface area contributed by atoms with E-state index in [-0.39, 0.29) is 11.8 Å². The number of nitrogens with zero attached hydrogens (tertiary/aromatic N) is 3. The third-order valence-electron chi connectivity index (χ3n) is 5.79. The van der Waals surface area contributed by atoms with Gasteiger partial charge in [-0.1, -0.05) is 12.1 Å². The Morgan fingerprint density at radius 3 is 2.80 bits per heavy atom. The highest BCUT2D eigenvalue weighted by molar-refractivity contribution is 5.81. The number of imidazole rings is 1. The first-order valence-corrected chi connectivity index (χ1v) is 10.3. The second-order valence-electron chi connectivity index (χ2n) is 7.64. The van der Waals surface area contributed by atoms with Crippen molar-refractivity contribution in [2.24, 2.45) is 13.0 Å². The Morgan fingerprint density at radius 2 is 2.03 bits per heavy atom. The molecule has 1 amide bonds. The summed E-state index contributed by atoms with van der Waals surface area (Å²) in [5, 5.41) is 3.08. The van der Waals surface area contributed by atoms with E-state index in [1.807, 2.05) is 43.4 Å². The fourth-order valence-electron chi connectivity index (χ4n) is 4.11. The molecule has 1 aliphatic heterocycles. The number of amides is 1. The minimum Gasteiger partial charge on any atom is -0.497 e. The number of para-hydroxylation sites is 2. The van der Waals surface area contributed by atoms with Crippen LogP contribution in [0.15, 0.2) is 42.5 Å². The maximum absolute atomic E-state index is 12.9. The second kappa shape index (κ2) is 8.65. The molecule has 0 aliphatic carbocycles. The molecule has 2 aromatic carbocycles.